The van der Waals surface area contributed by atoms with E-state index in [2.05, 4.69) is 5.32 Å². The molecule has 0 bridgehead atoms. The van der Waals surface area contributed by atoms with Crippen LogP contribution in [-0.4, -0.2) is 11.9 Å². The molecular formula is C15H12ClNO3. The lowest BCUT2D eigenvalue weighted by molar-refractivity contribution is -0.114. The fourth-order valence-corrected chi connectivity index (χ4v) is 1.81. The van der Waals surface area contributed by atoms with Crippen molar-refractivity contribution in [3.63, 3.8) is 0 Å². The number of hydrogen-bond donors (Lipinski definition) is 1. The lowest BCUT2D eigenvalue weighted by Crippen LogP contribution is -2.12. The van der Waals surface area contributed by atoms with Gasteiger partial charge in [-0.3, -0.25) is 4.79 Å². The van der Waals surface area contributed by atoms with Crippen molar-refractivity contribution in [2.45, 2.75) is 6.92 Å². The molecule has 1 N–H and O–H groups in total. The summed E-state index contributed by atoms with van der Waals surface area (Å²) in [6, 6.07) is 13.2. The molecule has 0 aliphatic carbocycles. The Hall–Kier alpha value is -2.33. The number of para-hydroxylation sites is 2. The van der Waals surface area contributed by atoms with Crippen LogP contribution in [0.5, 0.6) is 5.75 Å². The molecule has 0 radical (unpaired) electrons. The molecule has 0 aromatic heterocycles. The van der Waals surface area contributed by atoms with Crippen LogP contribution in [-0.2, 0) is 4.79 Å². The van der Waals surface area contributed by atoms with Gasteiger partial charge in [0.25, 0.3) is 0 Å². The summed E-state index contributed by atoms with van der Waals surface area (Å²) in [5.41, 5.74) is 0.783. The second-order valence-electron chi connectivity index (χ2n) is 4.08. The van der Waals surface area contributed by atoms with Gasteiger partial charge < -0.3 is 10.1 Å². The quantitative estimate of drug-likeness (QED) is 0.695. The van der Waals surface area contributed by atoms with Gasteiger partial charge in [0, 0.05) is 11.9 Å². The lowest BCUT2D eigenvalue weighted by Gasteiger charge is -2.10. The van der Waals surface area contributed by atoms with Crippen molar-refractivity contribution in [1.29, 1.82) is 0 Å². The van der Waals surface area contributed by atoms with Crippen molar-refractivity contribution in [2.75, 3.05) is 5.32 Å². The van der Waals surface area contributed by atoms with Crippen LogP contribution in [0.2, 0.25) is 5.02 Å². The van der Waals surface area contributed by atoms with Crippen LogP contribution in [0, 0.1) is 0 Å². The third-order valence-electron chi connectivity index (χ3n) is 2.46. The molecule has 0 saturated carbocycles. The molecule has 20 heavy (non-hydrogen) atoms. The first-order valence-corrected chi connectivity index (χ1v) is 6.28. The molecule has 2 aromatic carbocycles. The van der Waals surface area contributed by atoms with E-state index >= 15 is 0 Å². The van der Waals surface area contributed by atoms with Gasteiger partial charge in [0.15, 0.2) is 5.75 Å². The Balaban J connectivity index is 2.21. The standard InChI is InChI=1S/C15H12ClNO3/c1-10(18)17-13-7-2-3-8-14(13)20-15(19)11-5-4-6-12(16)9-11/h2-9H,1H3,(H,17,18). The van der Waals surface area contributed by atoms with Crippen molar-refractivity contribution in [1.82, 2.24) is 0 Å². The maximum Gasteiger partial charge on any atom is 0.343 e. The molecule has 5 heteroatoms. The van der Waals surface area contributed by atoms with Gasteiger partial charge in [-0.2, -0.15) is 0 Å². The van der Waals surface area contributed by atoms with Crippen molar-refractivity contribution < 1.29 is 14.3 Å². The normalized spacial score (nSPS) is 9.90. The molecule has 0 saturated heterocycles. The van der Waals surface area contributed by atoms with Crippen molar-refractivity contribution in [3.05, 3.63) is 59.1 Å². The molecular weight excluding hydrogens is 278 g/mol. The van der Waals surface area contributed by atoms with Crippen molar-refractivity contribution >= 4 is 29.2 Å². The van der Waals surface area contributed by atoms with Gasteiger partial charge in [-0.1, -0.05) is 29.8 Å². The third-order valence-corrected chi connectivity index (χ3v) is 2.70. The Morgan fingerprint density at radius 1 is 1.10 bits per heavy atom. The Morgan fingerprint density at radius 2 is 1.85 bits per heavy atom. The first kappa shape index (κ1) is 14.1. The van der Waals surface area contributed by atoms with Crippen LogP contribution >= 0.6 is 11.6 Å². The average Bonchev–Trinajstić information content (AvgIpc) is 2.40. The van der Waals surface area contributed by atoms with Crippen LogP contribution in [0.25, 0.3) is 0 Å². The first-order valence-electron chi connectivity index (χ1n) is 5.90. The number of esters is 1. The van der Waals surface area contributed by atoms with E-state index in [0.29, 0.717) is 16.3 Å². The molecule has 1 amide bonds. The lowest BCUT2D eigenvalue weighted by atomic mass is 10.2. The van der Waals surface area contributed by atoms with Crippen LogP contribution in [0.4, 0.5) is 5.69 Å². The second-order valence-corrected chi connectivity index (χ2v) is 4.51. The van der Waals surface area contributed by atoms with Gasteiger partial charge in [0.05, 0.1) is 11.3 Å². The SMILES string of the molecule is CC(=O)Nc1ccccc1OC(=O)c1cccc(Cl)c1. The monoisotopic (exact) mass is 289 g/mol. The molecule has 4 nitrogen and oxygen atoms in total. The van der Waals surface area contributed by atoms with E-state index < -0.39 is 5.97 Å². The van der Waals surface area contributed by atoms with Crippen LogP contribution < -0.4 is 10.1 Å². The highest BCUT2D eigenvalue weighted by Crippen LogP contribution is 2.25. The number of ether oxygens (including phenoxy) is 1. The molecule has 102 valence electrons. The Morgan fingerprint density at radius 3 is 2.55 bits per heavy atom. The minimum atomic E-state index is -0.537. The molecule has 0 fully saturated rings. The fraction of sp³-hybridized carbons (Fsp3) is 0.0667. The molecule has 0 aliphatic rings. The Kier molecular flexibility index (Phi) is 4.38. The highest BCUT2D eigenvalue weighted by molar-refractivity contribution is 6.30. The Labute approximate surface area is 121 Å². The van der Waals surface area contributed by atoms with Gasteiger partial charge in [-0.05, 0) is 30.3 Å². The maximum atomic E-state index is 12.0. The summed E-state index contributed by atoms with van der Waals surface area (Å²) >= 11 is 5.83. The zero-order valence-corrected chi connectivity index (χ0v) is 11.5. The van der Waals surface area contributed by atoms with Crippen molar-refractivity contribution in [2.24, 2.45) is 0 Å². The van der Waals surface area contributed by atoms with E-state index in [1.54, 1.807) is 42.5 Å². The molecule has 0 unspecified atom stereocenters. The van der Waals surface area contributed by atoms with Gasteiger partial charge in [-0.25, -0.2) is 4.79 Å². The van der Waals surface area contributed by atoms with Gasteiger partial charge in [0.2, 0.25) is 5.91 Å². The van der Waals surface area contributed by atoms with E-state index in [1.165, 1.54) is 13.0 Å². The summed E-state index contributed by atoms with van der Waals surface area (Å²) < 4.78 is 5.28. The minimum Gasteiger partial charge on any atom is -0.421 e. The number of amides is 1. The fourth-order valence-electron chi connectivity index (χ4n) is 1.62. The van der Waals surface area contributed by atoms with Gasteiger partial charge in [0.1, 0.15) is 0 Å². The molecule has 2 aromatic rings. The van der Waals surface area contributed by atoms with Crippen LogP contribution in [0.1, 0.15) is 17.3 Å². The predicted octanol–water partition coefficient (Wildman–Crippen LogP) is 3.52. The number of benzene rings is 2. The number of hydrogen-bond acceptors (Lipinski definition) is 3. The van der Waals surface area contributed by atoms with Crippen LogP contribution in [0.3, 0.4) is 0 Å². The number of carbonyl (C=O) groups excluding carboxylic acids is 2. The summed E-state index contributed by atoms with van der Waals surface area (Å²) in [7, 11) is 0. The third kappa shape index (κ3) is 3.59. The summed E-state index contributed by atoms with van der Waals surface area (Å²) in [4.78, 5) is 23.1. The average molecular weight is 290 g/mol. The molecule has 0 spiro atoms. The van der Waals surface area contributed by atoms with E-state index in [4.69, 9.17) is 16.3 Å². The number of carbonyl (C=O) groups is 2. The number of halogens is 1. The summed E-state index contributed by atoms with van der Waals surface area (Å²) in [6.07, 6.45) is 0. The van der Waals surface area contributed by atoms with Crippen LogP contribution in [0.15, 0.2) is 48.5 Å². The smallest absolute Gasteiger partial charge is 0.343 e. The van der Waals surface area contributed by atoms with Gasteiger partial charge >= 0.3 is 5.97 Å². The summed E-state index contributed by atoms with van der Waals surface area (Å²) in [6.45, 7) is 1.38. The highest BCUT2D eigenvalue weighted by atomic mass is 35.5. The van der Waals surface area contributed by atoms with E-state index in [1.807, 2.05) is 0 Å². The Bertz CT molecular complexity index is 655. The maximum absolute atomic E-state index is 12.0. The molecule has 0 aliphatic heterocycles. The highest BCUT2D eigenvalue weighted by Gasteiger charge is 2.12. The number of rotatable bonds is 3. The predicted molar refractivity (Wildman–Crippen MR) is 77.2 cm³/mol. The van der Waals surface area contributed by atoms with E-state index in [9.17, 15) is 9.59 Å². The summed E-state index contributed by atoms with van der Waals surface area (Å²) in [5, 5.41) is 3.05. The number of nitrogens with one attached hydrogen (secondary N) is 1. The van der Waals surface area contributed by atoms with Crippen molar-refractivity contribution in [3.8, 4) is 5.75 Å². The largest absolute Gasteiger partial charge is 0.421 e. The van der Waals surface area contributed by atoms with E-state index in [0.717, 1.165) is 0 Å². The summed E-state index contributed by atoms with van der Waals surface area (Å²) in [5.74, 6) is -0.491. The first-order chi connectivity index (χ1) is 9.56. The molecule has 0 atom stereocenters. The van der Waals surface area contributed by atoms with E-state index in [-0.39, 0.29) is 11.7 Å². The topological polar surface area (TPSA) is 55.4 Å². The zero-order valence-electron chi connectivity index (χ0n) is 10.7. The molecule has 0 heterocycles. The minimum absolute atomic E-state index is 0.240. The number of anilines is 1. The van der Waals surface area contributed by atoms with Gasteiger partial charge in [-0.15, -0.1) is 0 Å². The second kappa shape index (κ2) is 6.21. The molecule has 2 rings (SSSR count). The zero-order chi connectivity index (χ0) is 14.5.